The van der Waals surface area contributed by atoms with Gasteiger partial charge in [-0.1, -0.05) is 12.1 Å². The van der Waals surface area contributed by atoms with E-state index in [0.717, 1.165) is 36.0 Å². The minimum absolute atomic E-state index is 0.661. The van der Waals surface area contributed by atoms with Crippen LogP contribution in [0.25, 0.3) is 0 Å². The maximum atomic E-state index is 5.54. The number of thiazole rings is 1. The van der Waals surface area contributed by atoms with Crippen molar-refractivity contribution >= 4 is 11.3 Å². The van der Waals surface area contributed by atoms with Gasteiger partial charge in [0.25, 0.3) is 0 Å². The van der Waals surface area contributed by atoms with E-state index in [9.17, 15) is 0 Å². The van der Waals surface area contributed by atoms with E-state index in [1.54, 1.807) is 18.4 Å². The molecule has 0 amide bonds. The van der Waals surface area contributed by atoms with Crippen LogP contribution in [0.3, 0.4) is 0 Å². The lowest BCUT2D eigenvalue weighted by Crippen LogP contribution is -2.17. The fraction of sp³-hybridized carbons (Fsp3) is 0.400. The minimum Gasteiger partial charge on any atom is -0.497 e. The highest BCUT2D eigenvalue weighted by atomic mass is 32.1. The number of nitrogens with two attached hydrogens (primary N) is 1. The Kier molecular flexibility index (Phi) is 5.52. The van der Waals surface area contributed by atoms with Crippen LogP contribution in [-0.4, -0.2) is 30.6 Å². The average Bonchev–Trinajstić information content (AvgIpc) is 2.87. The molecule has 0 radical (unpaired) electrons. The molecule has 108 valence electrons. The zero-order valence-electron chi connectivity index (χ0n) is 12.0. The van der Waals surface area contributed by atoms with E-state index < -0.39 is 0 Å². The summed E-state index contributed by atoms with van der Waals surface area (Å²) in [6.45, 7) is 2.41. The van der Waals surface area contributed by atoms with Crippen LogP contribution in [0, 0.1) is 0 Å². The van der Waals surface area contributed by atoms with Gasteiger partial charge in [0.1, 0.15) is 5.75 Å². The Labute approximate surface area is 124 Å². The summed E-state index contributed by atoms with van der Waals surface area (Å²) in [5, 5.41) is 3.25. The van der Waals surface area contributed by atoms with Crippen molar-refractivity contribution in [1.29, 1.82) is 0 Å². The van der Waals surface area contributed by atoms with Crippen molar-refractivity contribution in [2.45, 2.75) is 19.5 Å². The van der Waals surface area contributed by atoms with Gasteiger partial charge in [-0.15, -0.1) is 11.3 Å². The molecule has 2 aromatic rings. The molecule has 0 saturated heterocycles. The molecular weight excluding hydrogens is 270 g/mol. The number of hydrogen-bond acceptors (Lipinski definition) is 5. The number of methoxy groups -OCH3 is 1. The molecule has 0 aliphatic rings. The summed E-state index contributed by atoms with van der Waals surface area (Å²) in [7, 11) is 3.79. The van der Waals surface area contributed by atoms with Gasteiger partial charge in [-0.2, -0.15) is 0 Å². The van der Waals surface area contributed by atoms with Crippen LogP contribution >= 0.6 is 11.3 Å². The Morgan fingerprint density at radius 3 is 2.65 bits per heavy atom. The molecule has 0 aliphatic heterocycles. The lowest BCUT2D eigenvalue weighted by atomic mass is 10.2. The monoisotopic (exact) mass is 291 g/mol. The standard InChI is InChI=1S/C15H21N3OS/c1-18(9-12-3-5-14(19-2)6-4-12)10-13-11-20-15(17-13)7-8-16/h3-6,11H,7-10,16H2,1-2H3. The third-order valence-electron chi connectivity index (χ3n) is 3.00. The molecule has 1 aromatic carbocycles. The Morgan fingerprint density at radius 1 is 1.25 bits per heavy atom. The van der Waals surface area contributed by atoms with Crippen LogP contribution in [0.15, 0.2) is 29.6 Å². The first kappa shape index (κ1) is 15.0. The van der Waals surface area contributed by atoms with E-state index in [2.05, 4.69) is 34.4 Å². The van der Waals surface area contributed by atoms with Gasteiger partial charge in [-0.25, -0.2) is 4.98 Å². The van der Waals surface area contributed by atoms with Crippen molar-refractivity contribution < 1.29 is 4.74 Å². The molecule has 2 N–H and O–H groups in total. The van der Waals surface area contributed by atoms with Crippen molar-refractivity contribution in [2.24, 2.45) is 5.73 Å². The number of nitrogens with zero attached hydrogens (tertiary/aromatic N) is 2. The van der Waals surface area contributed by atoms with Crippen LogP contribution in [0.2, 0.25) is 0 Å². The molecule has 0 aliphatic carbocycles. The van der Waals surface area contributed by atoms with Crippen LogP contribution in [0.5, 0.6) is 5.75 Å². The first-order valence-electron chi connectivity index (χ1n) is 6.66. The lowest BCUT2D eigenvalue weighted by Gasteiger charge is -2.15. The molecule has 2 rings (SSSR count). The fourth-order valence-electron chi connectivity index (χ4n) is 2.03. The van der Waals surface area contributed by atoms with Crippen molar-refractivity contribution in [3.05, 3.63) is 45.9 Å². The molecule has 0 unspecified atom stereocenters. The molecular formula is C15H21N3OS. The Morgan fingerprint density at radius 2 is 2.00 bits per heavy atom. The van der Waals surface area contributed by atoms with Crippen LogP contribution < -0.4 is 10.5 Å². The van der Waals surface area contributed by atoms with E-state index in [1.807, 2.05) is 12.1 Å². The molecule has 0 atom stereocenters. The van der Waals surface area contributed by atoms with E-state index in [4.69, 9.17) is 10.5 Å². The fourth-order valence-corrected chi connectivity index (χ4v) is 2.84. The molecule has 5 heteroatoms. The second kappa shape index (κ2) is 7.38. The number of benzene rings is 1. The summed E-state index contributed by atoms with van der Waals surface area (Å²) in [4.78, 5) is 6.84. The van der Waals surface area contributed by atoms with Gasteiger partial charge in [-0.05, 0) is 31.3 Å². The summed E-state index contributed by atoms with van der Waals surface area (Å²) >= 11 is 1.69. The van der Waals surface area contributed by atoms with Crippen molar-refractivity contribution in [1.82, 2.24) is 9.88 Å². The number of hydrogen-bond donors (Lipinski definition) is 1. The second-order valence-electron chi connectivity index (χ2n) is 4.79. The molecule has 0 fully saturated rings. The van der Waals surface area contributed by atoms with Crippen LogP contribution in [0.4, 0.5) is 0 Å². The van der Waals surface area contributed by atoms with Gasteiger partial charge in [-0.3, -0.25) is 4.90 Å². The summed E-state index contributed by atoms with van der Waals surface area (Å²) in [5.41, 5.74) is 7.93. The third kappa shape index (κ3) is 4.30. The molecule has 0 bridgehead atoms. The lowest BCUT2D eigenvalue weighted by molar-refractivity contribution is 0.315. The maximum absolute atomic E-state index is 5.54. The van der Waals surface area contributed by atoms with Crippen molar-refractivity contribution in [3.63, 3.8) is 0 Å². The summed E-state index contributed by atoms with van der Waals surface area (Å²) in [5.74, 6) is 0.891. The molecule has 4 nitrogen and oxygen atoms in total. The largest absolute Gasteiger partial charge is 0.497 e. The van der Waals surface area contributed by atoms with Crippen LogP contribution in [0.1, 0.15) is 16.3 Å². The number of ether oxygens (including phenoxy) is 1. The summed E-state index contributed by atoms with van der Waals surface area (Å²) in [6.07, 6.45) is 0.868. The zero-order chi connectivity index (χ0) is 14.4. The SMILES string of the molecule is COc1ccc(CN(C)Cc2csc(CCN)n2)cc1. The highest BCUT2D eigenvalue weighted by Crippen LogP contribution is 2.15. The zero-order valence-corrected chi connectivity index (χ0v) is 12.8. The summed E-state index contributed by atoms with van der Waals surface area (Å²) in [6, 6.07) is 8.17. The van der Waals surface area contributed by atoms with Gasteiger partial charge in [0.05, 0.1) is 17.8 Å². The Bertz CT molecular complexity index is 524. The minimum atomic E-state index is 0.661. The predicted octanol–water partition coefficient (Wildman–Crippen LogP) is 2.28. The maximum Gasteiger partial charge on any atom is 0.118 e. The van der Waals surface area contributed by atoms with Gasteiger partial charge in [0.15, 0.2) is 0 Å². The van der Waals surface area contributed by atoms with E-state index >= 15 is 0 Å². The highest BCUT2D eigenvalue weighted by molar-refractivity contribution is 7.09. The number of rotatable bonds is 7. The third-order valence-corrected chi connectivity index (χ3v) is 3.96. The molecule has 1 aromatic heterocycles. The highest BCUT2D eigenvalue weighted by Gasteiger charge is 2.06. The second-order valence-corrected chi connectivity index (χ2v) is 5.73. The normalized spacial score (nSPS) is 11.0. The Balaban J connectivity index is 1.88. The van der Waals surface area contributed by atoms with E-state index in [1.165, 1.54) is 5.56 Å². The topological polar surface area (TPSA) is 51.4 Å². The molecule has 1 heterocycles. The van der Waals surface area contributed by atoms with Gasteiger partial charge in [0, 0.05) is 24.9 Å². The summed E-state index contributed by atoms with van der Waals surface area (Å²) < 4.78 is 5.16. The van der Waals surface area contributed by atoms with E-state index in [-0.39, 0.29) is 0 Å². The quantitative estimate of drug-likeness (QED) is 0.850. The van der Waals surface area contributed by atoms with E-state index in [0.29, 0.717) is 6.54 Å². The number of aromatic nitrogens is 1. The van der Waals surface area contributed by atoms with Gasteiger partial charge in [0.2, 0.25) is 0 Å². The molecule has 20 heavy (non-hydrogen) atoms. The molecule has 0 spiro atoms. The average molecular weight is 291 g/mol. The molecule has 0 saturated carbocycles. The Hall–Kier alpha value is -1.43. The van der Waals surface area contributed by atoms with Crippen molar-refractivity contribution in [3.8, 4) is 5.75 Å². The van der Waals surface area contributed by atoms with Crippen molar-refractivity contribution in [2.75, 3.05) is 20.7 Å². The van der Waals surface area contributed by atoms with Gasteiger partial charge >= 0.3 is 0 Å². The first-order valence-corrected chi connectivity index (χ1v) is 7.54. The van der Waals surface area contributed by atoms with Crippen LogP contribution in [-0.2, 0) is 19.5 Å². The predicted molar refractivity (Wildman–Crippen MR) is 83.0 cm³/mol. The van der Waals surface area contributed by atoms with Gasteiger partial charge < -0.3 is 10.5 Å². The first-order chi connectivity index (χ1) is 9.71. The smallest absolute Gasteiger partial charge is 0.118 e.